The third-order valence-electron chi connectivity index (χ3n) is 2.96. The van der Waals surface area contributed by atoms with Crippen molar-refractivity contribution in [3.05, 3.63) is 0 Å². The van der Waals surface area contributed by atoms with Gasteiger partial charge in [0.1, 0.15) is 0 Å². The molecule has 2 heteroatoms. The summed E-state index contributed by atoms with van der Waals surface area (Å²) in [5.74, 6) is 0.969. The van der Waals surface area contributed by atoms with Gasteiger partial charge in [-0.05, 0) is 25.2 Å². The lowest BCUT2D eigenvalue weighted by molar-refractivity contribution is -0.104. The molecule has 2 rings (SSSR count). The summed E-state index contributed by atoms with van der Waals surface area (Å²) in [6.45, 7) is 5.24. The highest BCUT2D eigenvalue weighted by molar-refractivity contribution is 4.96. The van der Waals surface area contributed by atoms with Crippen molar-refractivity contribution in [2.24, 2.45) is 5.92 Å². The molecule has 1 heterocycles. The fraction of sp³-hybridized carbons (Fsp3) is 1.00. The summed E-state index contributed by atoms with van der Waals surface area (Å²) in [5, 5.41) is 9.87. The Labute approximate surface area is 74.6 Å². The molecule has 0 aromatic carbocycles. The summed E-state index contributed by atoms with van der Waals surface area (Å²) in [7, 11) is 0. The fourth-order valence-electron chi connectivity index (χ4n) is 2.20. The first-order valence-electron chi connectivity index (χ1n) is 5.16. The molecule has 1 saturated carbocycles. The van der Waals surface area contributed by atoms with E-state index in [9.17, 15) is 5.11 Å². The van der Waals surface area contributed by atoms with E-state index in [1.165, 1.54) is 19.4 Å². The summed E-state index contributed by atoms with van der Waals surface area (Å²) in [6.07, 6.45) is 4.92. The Kier molecular flexibility index (Phi) is 2.13. The second-order valence-electron chi connectivity index (χ2n) is 4.59. The van der Waals surface area contributed by atoms with Crippen LogP contribution in [0.1, 0.15) is 32.6 Å². The van der Waals surface area contributed by atoms with Crippen LogP contribution < -0.4 is 0 Å². The van der Waals surface area contributed by atoms with Crippen LogP contribution in [0.5, 0.6) is 0 Å². The normalized spacial score (nSPS) is 28.5. The van der Waals surface area contributed by atoms with Crippen LogP contribution in [0.15, 0.2) is 0 Å². The van der Waals surface area contributed by atoms with Gasteiger partial charge in [-0.3, -0.25) is 4.90 Å². The van der Waals surface area contributed by atoms with Crippen LogP contribution in [0.3, 0.4) is 0 Å². The molecular weight excluding hydrogens is 150 g/mol. The van der Waals surface area contributed by atoms with Crippen LogP contribution in [0.4, 0.5) is 0 Å². The molecule has 0 spiro atoms. The SMILES string of the molecule is CCCC1(O)CN(CC2CC2)C1. The number of aliphatic hydroxyl groups is 1. The molecule has 2 nitrogen and oxygen atoms in total. The molecule has 12 heavy (non-hydrogen) atoms. The zero-order valence-corrected chi connectivity index (χ0v) is 7.92. The fourth-order valence-corrected chi connectivity index (χ4v) is 2.20. The topological polar surface area (TPSA) is 23.5 Å². The lowest BCUT2D eigenvalue weighted by atomic mass is 9.89. The van der Waals surface area contributed by atoms with Crippen molar-refractivity contribution < 1.29 is 5.11 Å². The second-order valence-corrected chi connectivity index (χ2v) is 4.59. The summed E-state index contributed by atoms with van der Waals surface area (Å²) >= 11 is 0. The molecule has 2 aliphatic rings. The quantitative estimate of drug-likeness (QED) is 0.684. The molecule has 0 unspecified atom stereocenters. The summed E-state index contributed by atoms with van der Waals surface area (Å²) in [4.78, 5) is 2.40. The van der Waals surface area contributed by atoms with Gasteiger partial charge in [-0.15, -0.1) is 0 Å². The van der Waals surface area contributed by atoms with E-state index in [4.69, 9.17) is 0 Å². The van der Waals surface area contributed by atoms with Gasteiger partial charge in [-0.2, -0.15) is 0 Å². The van der Waals surface area contributed by atoms with Crippen molar-refractivity contribution in [2.75, 3.05) is 19.6 Å². The maximum Gasteiger partial charge on any atom is 0.0900 e. The van der Waals surface area contributed by atoms with Crippen LogP contribution in [-0.2, 0) is 0 Å². The molecule has 70 valence electrons. The molecule has 1 aliphatic carbocycles. The van der Waals surface area contributed by atoms with Crippen molar-refractivity contribution in [1.29, 1.82) is 0 Å². The van der Waals surface area contributed by atoms with Gasteiger partial charge in [-0.25, -0.2) is 0 Å². The van der Waals surface area contributed by atoms with Gasteiger partial charge in [0.15, 0.2) is 0 Å². The molecule has 0 radical (unpaired) electrons. The third kappa shape index (κ3) is 1.80. The summed E-state index contributed by atoms with van der Waals surface area (Å²) < 4.78 is 0. The Morgan fingerprint density at radius 2 is 2.08 bits per heavy atom. The van der Waals surface area contributed by atoms with Gasteiger partial charge >= 0.3 is 0 Å². The average molecular weight is 169 g/mol. The maximum atomic E-state index is 9.87. The zero-order valence-electron chi connectivity index (χ0n) is 7.92. The number of hydrogen-bond donors (Lipinski definition) is 1. The van der Waals surface area contributed by atoms with E-state index in [-0.39, 0.29) is 5.60 Å². The lowest BCUT2D eigenvalue weighted by Gasteiger charge is -2.46. The van der Waals surface area contributed by atoms with E-state index in [0.29, 0.717) is 0 Å². The van der Waals surface area contributed by atoms with Crippen molar-refractivity contribution in [3.63, 3.8) is 0 Å². The first-order chi connectivity index (χ1) is 5.72. The molecular formula is C10H19NO. The largest absolute Gasteiger partial charge is 0.387 e. The molecule has 0 atom stereocenters. The van der Waals surface area contributed by atoms with Crippen LogP contribution in [0.2, 0.25) is 0 Å². The average Bonchev–Trinajstić information content (AvgIpc) is 2.68. The molecule has 0 aromatic heterocycles. The highest BCUT2D eigenvalue weighted by Crippen LogP contribution is 2.34. The first kappa shape index (κ1) is 8.52. The predicted octanol–water partition coefficient (Wildman–Crippen LogP) is 1.24. The van der Waals surface area contributed by atoms with Crippen LogP contribution >= 0.6 is 0 Å². The van der Waals surface area contributed by atoms with Crippen LogP contribution in [-0.4, -0.2) is 35.2 Å². The Bertz CT molecular complexity index is 159. The standard InChI is InChI=1S/C10H19NO/c1-2-5-10(12)7-11(8-10)6-9-3-4-9/h9,12H,2-8H2,1H3. The minimum atomic E-state index is -0.316. The van der Waals surface area contributed by atoms with E-state index in [2.05, 4.69) is 11.8 Å². The van der Waals surface area contributed by atoms with E-state index < -0.39 is 0 Å². The summed E-state index contributed by atoms with van der Waals surface area (Å²) in [6, 6.07) is 0. The van der Waals surface area contributed by atoms with Crippen LogP contribution in [0.25, 0.3) is 0 Å². The van der Waals surface area contributed by atoms with E-state index in [0.717, 1.165) is 31.8 Å². The number of rotatable bonds is 4. The van der Waals surface area contributed by atoms with Gasteiger partial charge in [0.25, 0.3) is 0 Å². The smallest absolute Gasteiger partial charge is 0.0900 e. The molecule has 1 saturated heterocycles. The Hall–Kier alpha value is -0.0800. The van der Waals surface area contributed by atoms with Gasteiger partial charge in [0, 0.05) is 19.6 Å². The highest BCUT2D eigenvalue weighted by atomic mass is 16.3. The Balaban J connectivity index is 1.67. The van der Waals surface area contributed by atoms with Gasteiger partial charge < -0.3 is 5.11 Å². The molecule has 1 aliphatic heterocycles. The minimum Gasteiger partial charge on any atom is -0.387 e. The van der Waals surface area contributed by atoms with Crippen molar-refractivity contribution in [3.8, 4) is 0 Å². The van der Waals surface area contributed by atoms with E-state index in [1.807, 2.05) is 0 Å². The molecule has 0 bridgehead atoms. The predicted molar refractivity (Wildman–Crippen MR) is 49.0 cm³/mol. The van der Waals surface area contributed by atoms with Gasteiger partial charge in [-0.1, -0.05) is 13.3 Å². The van der Waals surface area contributed by atoms with E-state index in [1.54, 1.807) is 0 Å². The molecule has 0 amide bonds. The van der Waals surface area contributed by atoms with Crippen molar-refractivity contribution in [1.82, 2.24) is 4.90 Å². The summed E-state index contributed by atoms with van der Waals surface area (Å²) in [5.41, 5.74) is -0.316. The van der Waals surface area contributed by atoms with Crippen molar-refractivity contribution >= 4 is 0 Å². The number of nitrogens with zero attached hydrogens (tertiary/aromatic N) is 1. The Morgan fingerprint density at radius 1 is 1.42 bits per heavy atom. The van der Waals surface area contributed by atoms with Crippen LogP contribution in [0, 0.1) is 5.92 Å². The highest BCUT2D eigenvalue weighted by Gasteiger charge is 2.41. The maximum absolute atomic E-state index is 9.87. The minimum absolute atomic E-state index is 0.316. The monoisotopic (exact) mass is 169 g/mol. The van der Waals surface area contributed by atoms with Crippen molar-refractivity contribution in [2.45, 2.75) is 38.2 Å². The molecule has 0 aromatic rings. The second kappa shape index (κ2) is 3.00. The van der Waals surface area contributed by atoms with Gasteiger partial charge in [0.05, 0.1) is 5.60 Å². The third-order valence-corrected chi connectivity index (χ3v) is 2.96. The molecule has 2 fully saturated rings. The van der Waals surface area contributed by atoms with Gasteiger partial charge in [0.2, 0.25) is 0 Å². The zero-order chi connectivity index (χ0) is 8.60. The first-order valence-corrected chi connectivity index (χ1v) is 5.16. The van der Waals surface area contributed by atoms with E-state index >= 15 is 0 Å². The number of β-amino-alcohol motifs (C(OH)–C–C–N with tert-alkyl or cyclic N) is 1. The lowest BCUT2D eigenvalue weighted by Crippen LogP contribution is -2.61. The number of likely N-dealkylation sites (tertiary alicyclic amines) is 1. The number of hydrogen-bond acceptors (Lipinski definition) is 2. The molecule has 1 N–H and O–H groups in total. The Morgan fingerprint density at radius 3 is 2.58 bits per heavy atom.